The Kier molecular flexibility index (Phi) is 6.92. The van der Waals surface area contributed by atoms with E-state index in [1.54, 1.807) is 0 Å². The largest absolute Gasteiger partial charge is 0.468 e. The fourth-order valence-corrected chi connectivity index (χ4v) is 1.81. The molecule has 5 heteroatoms. The number of hydrogen-bond acceptors (Lipinski definition) is 2. The SMILES string of the molecule is CCCC(COC=O)CC(Cl)(Cl)Cl. The van der Waals surface area contributed by atoms with E-state index in [2.05, 4.69) is 4.74 Å². The fourth-order valence-electron chi connectivity index (χ4n) is 1.16. The summed E-state index contributed by atoms with van der Waals surface area (Å²) in [4.78, 5) is 9.96. The highest BCUT2D eigenvalue weighted by molar-refractivity contribution is 6.67. The number of carbonyl (C=O) groups is 1. The first kappa shape index (κ1) is 13.3. The molecule has 0 aliphatic heterocycles. The quantitative estimate of drug-likeness (QED) is 0.531. The van der Waals surface area contributed by atoms with Crippen LogP contribution < -0.4 is 0 Å². The Balaban J connectivity index is 3.86. The van der Waals surface area contributed by atoms with Gasteiger partial charge in [0, 0.05) is 6.42 Å². The minimum Gasteiger partial charge on any atom is -0.468 e. The molecule has 0 radical (unpaired) electrons. The van der Waals surface area contributed by atoms with Gasteiger partial charge in [-0.3, -0.25) is 4.79 Å². The Morgan fingerprint density at radius 1 is 1.46 bits per heavy atom. The Morgan fingerprint density at radius 3 is 2.46 bits per heavy atom. The summed E-state index contributed by atoms with van der Waals surface area (Å²) in [5.41, 5.74) is 0. The predicted molar refractivity (Wildman–Crippen MR) is 55.3 cm³/mol. The molecule has 13 heavy (non-hydrogen) atoms. The van der Waals surface area contributed by atoms with Crippen molar-refractivity contribution in [2.75, 3.05) is 6.61 Å². The van der Waals surface area contributed by atoms with Gasteiger partial charge < -0.3 is 4.74 Å². The molecule has 0 fully saturated rings. The highest BCUT2D eigenvalue weighted by Crippen LogP contribution is 2.34. The van der Waals surface area contributed by atoms with Crippen LogP contribution >= 0.6 is 34.8 Å². The number of ether oxygens (including phenoxy) is 1. The lowest BCUT2D eigenvalue weighted by atomic mass is 10.0. The van der Waals surface area contributed by atoms with E-state index in [0.717, 1.165) is 12.8 Å². The Bertz CT molecular complexity index is 145. The zero-order valence-electron chi connectivity index (χ0n) is 7.43. The van der Waals surface area contributed by atoms with Crippen LogP contribution in [0.3, 0.4) is 0 Å². The maximum absolute atomic E-state index is 9.96. The van der Waals surface area contributed by atoms with E-state index in [-0.39, 0.29) is 5.92 Å². The van der Waals surface area contributed by atoms with Crippen molar-refractivity contribution in [3.8, 4) is 0 Å². The minimum atomic E-state index is -1.26. The van der Waals surface area contributed by atoms with Crippen LogP contribution in [0.5, 0.6) is 0 Å². The molecule has 0 aromatic heterocycles. The van der Waals surface area contributed by atoms with Crippen LogP contribution in [0.4, 0.5) is 0 Å². The van der Waals surface area contributed by atoms with Gasteiger partial charge in [0.2, 0.25) is 0 Å². The van der Waals surface area contributed by atoms with E-state index in [1.165, 1.54) is 0 Å². The van der Waals surface area contributed by atoms with Crippen molar-refractivity contribution in [1.29, 1.82) is 0 Å². The molecular weight excluding hydrogens is 234 g/mol. The van der Waals surface area contributed by atoms with E-state index in [0.29, 0.717) is 19.5 Å². The Hall–Kier alpha value is 0.340. The first-order valence-electron chi connectivity index (χ1n) is 4.11. The van der Waals surface area contributed by atoms with Gasteiger partial charge in [0.05, 0.1) is 6.61 Å². The minimum absolute atomic E-state index is 0.127. The van der Waals surface area contributed by atoms with Crippen LogP contribution in [0.15, 0.2) is 0 Å². The summed E-state index contributed by atoms with van der Waals surface area (Å²) in [6, 6.07) is 0. The second kappa shape index (κ2) is 6.74. The van der Waals surface area contributed by atoms with Crippen molar-refractivity contribution in [2.45, 2.75) is 30.0 Å². The van der Waals surface area contributed by atoms with Gasteiger partial charge in [-0.25, -0.2) is 0 Å². The molecule has 0 rings (SSSR count). The van der Waals surface area contributed by atoms with E-state index < -0.39 is 3.79 Å². The summed E-state index contributed by atoms with van der Waals surface area (Å²) in [5, 5.41) is 0. The van der Waals surface area contributed by atoms with Crippen LogP contribution in [-0.4, -0.2) is 16.9 Å². The third-order valence-corrected chi connectivity index (χ3v) is 2.08. The summed E-state index contributed by atoms with van der Waals surface area (Å²) in [6.07, 6.45) is 2.29. The molecule has 1 atom stereocenters. The van der Waals surface area contributed by atoms with E-state index in [1.807, 2.05) is 6.92 Å². The third kappa shape index (κ3) is 8.66. The average Bonchev–Trinajstić information content (AvgIpc) is 1.98. The summed E-state index contributed by atoms with van der Waals surface area (Å²) in [5.74, 6) is 0.127. The molecule has 0 aromatic rings. The van der Waals surface area contributed by atoms with Gasteiger partial charge in [0.1, 0.15) is 0 Å². The topological polar surface area (TPSA) is 26.3 Å². The average molecular weight is 248 g/mol. The summed E-state index contributed by atoms with van der Waals surface area (Å²) in [7, 11) is 0. The highest BCUT2D eigenvalue weighted by Gasteiger charge is 2.25. The standard InChI is InChI=1S/C8H13Cl3O2/c1-2-3-7(5-13-6-12)4-8(9,10)11/h6-7H,2-5H2,1H3. The highest BCUT2D eigenvalue weighted by atomic mass is 35.6. The zero-order valence-corrected chi connectivity index (χ0v) is 9.70. The Labute approximate surface area is 93.5 Å². The first-order chi connectivity index (χ1) is 5.99. The van der Waals surface area contributed by atoms with Crippen LogP contribution in [0.25, 0.3) is 0 Å². The molecule has 0 aromatic carbocycles. The van der Waals surface area contributed by atoms with E-state index in [4.69, 9.17) is 34.8 Å². The zero-order chi connectivity index (χ0) is 10.3. The van der Waals surface area contributed by atoms with E-state index >= 15 is 0 Å². The molecule has 0 N–H and O–H groups in total. The summed E-state index contributed by atoms with van der Waals surface area (Å²) >= 11 is 16.9. The van der Waals surface area contributed by atoms with Crippen molar-refractivity contribution in [3.05, 3.63) is 0 Å². The van der Waals surface area contributed by atoms with Gasteiger partial charge in [0.15, 0.2) is 3.79 Å². The van der Waals surface area contributed by atoms with Crippen molar-refractivity contribution >= 4 is 41.3 Å². The van der Waals surface area contributed by atoms with Crippen molar-refractivity contribution in [3.63, 3.8) is 0 Å². The van der Waals surface area contributed by atoms with Crippen molar-refractivity contribution in [1.82, 2.24) is 0 Å². The molecule has 0 saturated heterocycles. The van der Waals surface area contributed by atoms with Gasteiger partial charge in [-0.2, -0.15) is 0 Å². The summed E-state index contributed by atoms with van der Waals surface area (Å²) in [6.45, 7) is 2.78. The molecule has 0 bridgehead atoms. The molecule has 1 unspecified atom stereocenters. The van der Waals surface area contributed by atoms with Gasteiger partial charge >= 0.3 is 0 Å². The third-order valence-electron chi connectivity index (χ3n) is 1.62. The molecule has 0 aliphatic rings. The van der Waals surface area contributed by atoms with Gasteiger partial charge in [-0.15, -0.1) is 0 Å². The number of rotatable bonds is 6. The second-order valence-electron chi connectivity index (χ2n) is 2.90. The maximum atomic E-state index is 9.96. The van der Waals surface area contributed by atoms with Gasteiger partial charge in [0.25, 0.3) is 6.47 Å². The molecule has 2 nitrogen and oxygen atoms in total. The van der Waals surface area contributed by atoms with Crippen molar-refractivity contribution < 1.29 is 9.53 Å². The van der Waals surface area contributed by atoms with Crippen LogP contribution in [0, 0.1) is 5.92 Å². The second-order valence-corrected chi connectivity index (χ2v) is 5.42. The number of carbonyl (C=O) groups excluding carboxylic acids is 1. The van der Waals surface area contributed by atoms with Crippen molar-refractivity contribution in [2.24, 2.45) is 5.92 Å². The fraction of sp³-hybridized carbons (Fsp3) is 0.875. The molecule has 0 heterocycles. The van der Waals surface area contributed by atoms with Gasteiger partial charge in [-0.05, 0) is 12.3 Å². The monoisotopic (exact) mass is 246 g/mol. The molecule has 0 aliphatic carbocycles. The Morgan fingerprint density at radius 2 is 2.08 bits per heavy atom. The molecule has 0 saturated carbocycles. The molecule has 0 amide bonds. The normalized spacial score (nSPS) is 13.8. The molecular formula is C8H13Cl3O2. The number of alkyl halides is 3. The van der Waals surface area contributed by atoms with Crippen LogP contribution in [0.2, 0.25) is 0 Å². The summed E-state index contributed by atoms with van der Waals surface area (Å²) < 4.78 is 3.38. The van der Waals surface area contributed by atoms with Crippen LogP contribution in [0.1, 0.15) is 26.2 Å². The predicted octanol–water partition coefficient (Wildman–Crippen LogP) is 3.34. The maximum Gasteiger partial charge on any atom is 0.293 e. The molecule has 0 spiro atoms. The smallest absolute Gasteiger partial charge is 0.293 e. The lowest BCUT2D eigenvalue weighted by Gasteiger charge is -2.19. The molecule has 78 valence electrons. The lowest BCUT2D eigenvalue weighted by Crippen LogP contribution is -2.16. The number of halogens is 3. The van der Waals surface area contributed by atoms with E-state index in [9.17, 15) is 4.79 Å². The van der Waals surface area contributed by atoms with Crippen LogP contribution in [-0.2, 0) is 9.53 Å². The van der Waals surface area contributed by atoms with Gasteiger partial charge in [-0.1, -0.05) is 48.1 Å². The first-order valence-corrected chi connectivity index (χ1v) is 5.25. The lowest BCUT2D eigenvalue weighted by molar-refractivity contribution is -0.130. The number of hydrogen-bond donors (Lipinski definition) is 0.